The van der Waals surface area contributed by atoms with Gasteiger partial charge < -0.3 is 21.3 Å². The fraction of sp³-hybridized carbons (Fsp3) is 0.600. The number of aryl methyl sites for hydroxylation is 1. The summed E-state index contributed by atoms with van der Waals surface area (Å²) in [7, 11) is 3.50. The molecule has 0 saturated carbocycles. The van der Waals surface area contributed by atoms with Gasteiger partial charge in [0, 0.05) is 26.2 Å². The minimum atomic E-state index is -0.204. The van der Waals surface area contributed by atoms with E-state index in [0.717, 1.165) is 10.9 Å². The van der Waals surface area contributed by atoms with Crippen LogP contribution in [0.15, 0.2) is 11.1 Å². The minimum absolute atomic E-state index is 0.0269. The van der Waals surface area contributed by atoms with Crippen molar-refractivity contribution in [2.75, 3.05) is 43.6 Å². The molecule has 0 aromatic carbocycles. The first-order valence-corrected chi connectivity index (χ1v) is 8.89. The van der Waals surface area contributed by atoms with E-state index in [9.17, 15) is 4.79 Å². The standard InChI is InChI=1S/C15H27N7OS/c1-6-24-15(17-5)22-13-9-12(20-11(3)21-13)18-7-8-19-14(23)10(2)16-4/h9-10,16H,6-8H2,1-5H3,(H,19,23)(H2,17,18,20,21,22)/t10-/m0/s1. The van der Waals surface area contributed by atoms with Crippen LogP contribution in [0.5, 0.6) is 0 Å². The number of hydrogen-bond acceptors (Lipinski definition) is 7. The molecule has 0 unspecified atom stereocenters. The molecule has 24 heavy (non-hydrogen) atoms. The van der Waals surface area contributed by atoms with Crippen molar-refractivity contribution in [3.63, 3.8) is 0 Å². The third kappa shape index (κ3) is 7.14. The van der Waals surface area contributed by atoms with Crippen LogP contribution < -0.4 is 21.3 Å². The molecule has 1 aromatic heterocycles. The summed E-state index contributed by atoms with van der Waals surface area (Å²) < 4.78 is 0. The number of aromatic nitrogens is 2. The van der Waals surface area contributed by atoms with Gasteiger partial charge in [-0.3, -0.25) is 9.79 Å². The highest BCUT2D eigenvalue weighted by molar-refractivity contribution is 8.14. The van der Waals surface area contributed by atoms with E-state index >= 15 is 0 Å². The van der Waals surface area contributed by atoms with Crippen LogP contribution in [0.2, 0.25) is 0 Å². The van der Waals surface area contributed by atoms with Gasteiger partial charge in [-0.25, -0.2) is 9.97 Å². The third-order valence-electron chi connectivity index (χ3n) is 3.11. The Morgan fingerprint density at radius 2 is 2.04 bits per heavy atom. The van der Waals surface area contributed by atoms with Gasteiger partial charge in [0.25, 0.3) is 0 Å². The van der Waals surface area contributed by atoms with Crippen molar-refractivity contribution in [2.45, 2.75) is 26.8 Å². The van der Waals surface area contributed by atoms with Crippen molar-refractivity contribution < 1.29 is 4.79 Å². The lowest BCUT2D eigenvalue weighted by Gasteiger charge is -2.13. The monoisotopic (exact) mass is 353 g/mol. The summed E-state index contributed by atoms with van der Waals surface area (Å²) in [6.07, 6.45) is 0. The summed E-state index contributed by atoms with van der Waals surface area (Å²) in [4.78, 5) is 24.6. The minimum Gasteiger partial charge on any atom is -0.368 e. The largest absolute Gasteiger partial charge is 0.368 e. The molecular formula is C15H27N7OS. The predicted octanol–water partition coefficient (Wildman–Crippen LogP) is 1.07. The van der Waals surface area contributed by atoms with Crippen molar-refractivity contribution in [3.8, 4) is 0 Å². The van der Waals surface area contributed by atoms with Crippen LogP contribution in [0.4, 0.5) is 11.6 Å². The van der Waals surface area contributed by atoms with Crippen LogP contribution in [0.1, 0.15) is 19.7 Å². The predicted molar refractivity (Wildman–Crippen MR) is 102 cm³/mol. The second kappa shape index (κ2) is 10.8. The van der Waals surface area contributed by atoms with Gasteiger partial charge in [-0.05, 0) is 26.6 Å². The summed E-state index contributed by atoms with van der Waals surface area (Å²) in [5, 5.41) is 12.9. The molecule has 1 heterocycles. The molecule has 9 heteroatoms. The molecule has 0 bridgehead atoms. The Bertz CT molecular complexity index is 565. The number of hydrogen-bond donors (Lipinski definition) is 4. The van der Waals surface area contributed by atoms with Crippen molar-refractivity contribution >= 4 is 34.5 Å². The zero-order chi connectivity index (χ0) is 17.9. The number of carbonyl (C=O) groups excluding carboxylic acids is 1. The van der Waals surface area contributed by atoms with Crippen LogP contribution in [0.25, 0.3) is 0 Å². The average Bonchev–Trinajstić information content (AvgIpc) is 2.56. The van der Waals surface area contributed by atoms with E-state index in [2.05, 4.69) is 43.2 Å². The van der Waals surface area contributed by atoms with Gasteiger partial charge in [-0.1, -0.05) is 18.7 Å². The number of rotatable bonds is 8. The highest BCUT2D eigenvalue weighted by Crippen LogP contribution is 2.13. The molecule has 0 aliphatic heterocycles. The molecule has 8 nitrogen and oxygen atoms in total. The Morgan fingerprint density at radius 3 is 2.67 bits per heavy atom. The molecule has 1 amide bonds. The van der Waals surface area contributed by atoms with Crippen molar-refractivity contribution in [1.29, 1.82) is 0 Å². The highest BCUT2D eigenvalue weighted by atomic mass is 32.2. The molecule has 0 saturated heterocycles. The molecule has 1 atom stereocenters. The second-order valence-electron chi connectivity index (χ2n) is 5.00. The molecule has 1 aromatic rings. The molecule has 4 N–H and O–H groups in total. The van der Waals surface area contributed by atoms with E-state index in [-0.39, 0.29) is 11.9 Å². The lowest BCUT2D eigenvalue weighted by Crippen LogP contribution is -2.42. The number of likely N-dealkylation sites (N-methyl/N-ethyl adjacent to an activating group) is 1. The van der Waals surface area contributed by atoms with E-state index in [0.29, 0.717) is 30.5 Å². The zero-order valence-corrected chi connectivity index (χ0v) is 15.8. The molecule has 1 rings (SSSR count). The fourth-order valence-corrected chi connectivity index (χ4v) is 2.36. The van der Waals surface area contributed by atoms with E-state index in [4.69, 9.17) is 0 Å². The zero-order valence-electron chi connectivity index (χ0n) is 14.9. The Hall–Kier alpha value is -1.87. The maximum absolute atomic E-state index is 11.7. The van der Waals surface area contributed by atoms with Gasteiger partial charge in [0.2, 0.25) is 5.91 Å². The number of aliphatic imine (C=N–C) groups is 1. The summed E-state index contributed by atoms with van der Waals surface area (Å²) in [6.45, 7) is 6.82. The van der Waals surface area contributed by atoms with Crippen LogP contribution in [-0.4, -0.2) is 60.0 Å². The molecular weight excluding hydrogens is 326 g/mol. The topological polar surface area (TPSA) is 103 Å². The normalized spacial score (nSPS) is 12.6. The Kier molecular flexibility index (Phi) is 9.10. The SMILES string of the molecule is CCS/C(=N\C)Nc1cc(NCCNC(=O)[C@H](C)NC)nc(C)n1. The number of amidine groups is 1. The number of carbonyl (C=O) groups is 1. The molecule has 0 fully saturated rings. The number of amides is 1. The van der Waals surface area contributed by atoms with Crippen LogP contribution in [0, 0.1) is 6.92 Å². The van der Waals surface area contributed by atoms with Gasteiger partial charge in [-0.2, -0.15) is 0 Å². The maximum Gasteiger partial charge on any atom is 0.236 e. The van der Waals surface area contributed by atoms with Crippen LogP contribution in [0.3, 0.4) is 0 Å². The summed E-state index contributed by atoms with van der Waals surface area (Å²) in [5.41, 5.74) is 0. The molecule has 0 aliphatic carbocycles. The first-order valence-electron chi connectivity index (χ1n) is 7.91. The fourth-order valence-electron chi connectivity index (χ4n) is 1.79. The lowest BCUT2D eigenvalue weighted by molar-refractivity contribution is -0.122. The maximum atomic E-state index is 11.7. The first-order chi connectivity index (χ1) is 11.5. The van der Waals surface area contributed by atoms with E-state index in [1.807, 2.05) is 19.9 Å². The summed E-state index contributed by atoms with van der Waals surface area (Å²) in [6, 6.07) is 1.62. The third-order valence-corrected chi connectivity index (χ3v) is 3.96. The van der Waals surface area contributed by atoms with E-state index in [1.165, 1.54) is 0 Å². The molecule has 134 valence electrons. The van der Waals surface area contributed by atoms with Crippen LogP contribution >= 0.6 is 11.8 Å². The Balaban J connectivity index is 2.55. The smallest absolute Gasteiger partial charge is 0.236 e. The second-order valence-corrected chi connectivity index (χ2v) is 6.25. The Morgan fingerprint density at radius 1 is 1.33 bits per heavy atom. The van der Waals surface area contributed by atoms with Gasteiger partial charge >= 0.3 is 0 Å². The van der Waals surface area contributed by atoms with Crippen molar-refractivity contribution in [2.24, 2.45) is 4.99 Å². The number of nitrogens with one attached hydrogen (secondary N) is 4. The van der Waals surface area contributed by atoms with Gasteiger partial charge in [-0.15, -0.1) is 0 Å². The quantitative estimate of drug-likeness (QED) is 0.315. The highest BCUT2D eigenvalue weighted by Gasteiger charge is 2.09. The number of thioether (sulfide) groups is 1. The Labute approximate surface area is 147 Å². The van der Waals surface area contributed by atoms with Crippen LogP contribution in [-0.2, 0) is 4.79 Å². The van der Waals surface area contributed by atoms with Crippen molar-refractivity contribution in [3.05, 3.63) is 11.9 Å². The summed E-state index contributed by atoms with van der Waals surface area (Å²) in [5.74, 6) is 2.96. The van der Waals surface area contributed by atoms with Crippen molar-refractivity contribution in [1.82, 2.24) is 20.6 Å². The van der Waals surface area contributed by atoms with E-state index in [1.54, 1.807) is 25.9 Å². The molecule has 0 radical (unpaired) electrons. The number of anilines is 2. The van der Waals surface area contributed by atoms with Gasteiger partial charge in [0.05, 0.1) is 6.04 Å². The number of nitrogens with zero attached hydrogens (tertiary/aromatic N) is 3. The molecule has 0 aliphatic rings. The van der Waals surface area contributed by atoms with Gasteiger partial charge in [0.1, 0.15) is 17.5 Å². The van der Waals surface area contributed by atoms with E-state index < -0.39 is 0 Å². The average molecular weight is 353 g/mol. The first kappa shape index (κ1) is 20.2. The van der Waals surface area contributed by atoms with Gasteiger partial charge in [0.15, 0.2) is 5.17 Å². The lowest BCUT2D eigenvalue weighted by atomic mass is 10.3. The summed E-state index contributed by atoms with van der Waals surface area (Å²) >= 11 is 1.62. The molecule has 0 spiro atoms.